The van der Waals surface area contributed by atoms with Gasteiger partial charge in [0.05, 0.1) is 11.1 Å². The van der Waals surface area contributed by atoms with Gasteiger partial charge in [-0.25, -0.2) is 0 Å². The van der Waals surface area contributed by atoms with Crippen LogP contribution in [0.25, 0.3) is 0 Å². The molecule has 0 radical (unpaired) electrons. The first-order chi connectivity index (χ1) is 10.8. The predicted octanol–water partition coefficient (Wildman–Crippen LogP) is 5.05. The van der Waals surface area contributed by atoms with Crippen LogP contribution in [0.2, 0.25) is 0 Å². The lowest BCUT2D eigenvalue weighted by atomic mass is 9.79. The fourth-order valence-electron chi connectivity index (χ4n) is 4.22. The van der Waals surface area contributed by atoms with E-state index in [0.29, 0.717) is 11.3 Å². The van der Waals surface area contributed by atoms with Gasteiger partial charge in [0.2, 0.25) is 0 Å². The van der Waals surface area contributed by atoms with E-state index >= 15 is 0 Å². The third-order valence-electron chi connectivity index (χ3n) is 5.50. The third-order valence-corrected chi connectivity index (χ3v) is 6.81. The fraction of sp³-hybridized carbons (Fsp3) is 0.611. The largest absolute Gasteiger partial charge is 0.274 e. The van der Waals surface area contributed by atoms with Crippen LogP contribution in [0.1, 0.15) is 62.1 Å². The van der Waals surface area contributed by atoms with Gasteiger partial charge in [-0.1, -0.05) is 48.7 Å². The molecular formula is C18H22N2OS. The van der Waals surface area contributed by atoms with E-state index in [2.05, 4.69) is 29.4 Å². The Labute approximate surface area is 136 Å². The van der Waals surface area contributed by atoms with Crippen molar-refractivity contribution in [3.8, 4) is 0 Å². The molecular weight excluding hydrogens is 292 g/mol. The van der Waals surface area contributed by atoms with Crippen LogP contribution in [0.4, 0.5) is 0 Å². The number of rotatable bonds is 4. The molecule has 2 aliphatic carbocycles. The number of fused-ring (bicyclic) bond motifs is 3. The SMILES string of the molecule is O=NC1(CCC2=NC3c4ccccc4CC3S2)CCCCC1. The Kier molecular flexibility index (Phi) is 3.81. The van der Waals surface area contributed by atoms with Gasteiger partial charge in [0.1, 0.15) is 5.54 Å². The summed E-state index contributed by atoms with van der Waals surface area (Å²) in [6.07, 6.45) is 8.49. The van der Waals surface area contributed by atoms with Crippen molar-refractivity contribution in [2.75, 3.05) is 0 Å². The summed E-state index contributed by atoms with van der Waals surface area (Å²) in [6.45, 7) is 0. The zero-order chi connectivity index (χ0) is 15.0. The molecule has 22 heavy (non-hydrogen) atoms. The third kappa shape index (κ3) is 2.51. The summed E-state index contributed by atoms with van der Waals surface area (Å²) >= 11 is 1.94. The summed E-state index contributed by atoms with van der Waals surface area (Å²) in [5.74, 6) is 0. The van der Waals surface area contributed by atoms with Crippen molar-refractivity contribution in [2.45, 2.75) is 68.2 Å². The molecule has 1 aromatic carbocycles. The molecule has 3 aliphatic rings. The molecule has 0 amide bonds. The zero-order valence-corrected chi connectivity index (χ0v) is 13.6. The Morgan fingerprint density at radius 3 is 2.86 bits per heavy atom. The minimum atomic E-state index is -0.295. The van der Waals surface area contributed by atoms with Gasteiger partial charge in [-0.2, -0.15) is 4.91 Å². The first-order valence-corrected chi connectivity index (χ1v) is 9.33. The van der Waals surface area contributed by atoms with Crippen molar-refractivity contribution in [3.05, 3.63) is 40.3 Å². The highest BCUT2D eigenvalue weighted by Crippen LogP contribution is 2.47. The number of aliphatic imine (C=N–C) groups is 1. The molecule has 1 aliphatic heterocycles. The van der Waals surface area contributed by atoms with Crippen LogP contribution in [0.3, 0.4) is 0 Å². The van der Waals surface area contributed by atoms with Crippen LogP contribution in [0, 0.1) is 4.91 Å². The number of nitrogens with zero attached hydrogens (tertiary/aromatic N) is 2. The van der Waals surface area contributed by atoms with Crippen LogP contribution in [-0.4, -0.2) is 15.8 Å². The quantitative estimate of drug-likeness (QED) is 0.730. The zero-order valence-electron chi connectivity index (χ0n) is 12.8. The van der Waals surface area contributed by atoms with E-state index in [9.17, 15) is 4.91 Å². The predicted molar refractivity (Wildman–Crippen MR) is 92.5 cm³/mol. The fourth-order valence-corrected chi connectivity index (χ4v) is 5.56. The molecule has 0 spiro atoms. The maximum Gasteiger partial charge on any atom is 0.103 e. The van der Waals surface area contributed by atoms with E-state index in [1.165, 1.54) is 22.6 Å². The van der Waals surface area contributed by atoms with E-state index in [4.69, 9.17) is 4.99 Å². The Morgan fingerprint density at radius 1 is 1.23 bits per heavy atom. The molecule has 1 aromatic rings. The minimum absolute atomic E-state index is 0.295. The van der Waals surface area contributed by atoms with Crippen molar-refractivity contribution < 1.29 is 0 Å². The van der Waals surface area contributed by atoms with Crippen molar-refractivity contribution in [2.24, 2.45) is 10.2 Å². The second kappa shape index (κ2) is 5.80. The van der Waals surface area contributed by atoms with Gasteiger partial charge >= 0.3 is 0 Å². The van der Waals surface area contributed by atoms with Gasteiger partial charge in [-0.3, -0.25) is 4.99 Å². The number of hydrogen-bond acceptors (Lipinski definition) is 4. The Balaban J connectivity index is 1.44. The molecule has 3 nitrogen and oxygen atoms in total. The Bertz CT molecular complexity index is 607. The summed E-state index contributed by atoms with van der Waals surface area (Å²) in [5.41, 5.74) is 2.58. The van der Waals surface area contributed by atoms with Crippen LogP contribution < -0.4 is 0 Å². The topological polar surface area (TPSA) is 41.8 Å². The second-order valence-corrected chi connectivity index (χ2v) is 8.22. The van der Waals surface area contributed by atoms with Crippen molar-refractivity contribution in [1.82, 2.24) is 0 Å². The molecule has 2 atom stereocenters. The van der Waals surface area contributed by atoms with E-state index in [1.54, 1.807) is 0 Å². The summed E-state index contributed by atoms with van der Waals surface area (Å²) in [6, 6.07) is 9.05. The second-order valence-electron chi connectivity index (χ2n) is 6.90. The molecule has 0 N–H and O–H groups in total. The lowest BCUT2D eigenvalue weighted by Gasteiger charge is -2.30. The number of thioether (sulfide) groups is 1. The first-order valence-electron chi connectivity index (χ1n) is 8.45. The number of hydrogen-bond donors (Lipinski definition) is 0. The highest BCUT2D eigenvalue weighted by atomic mass is 32.2. The highest BCUT2D eigenvalue weighted by Gasteiger charge is 2.39. The van der Waals surface area contributed by atoms with Crippen molar-refractivity contribution in [1.29, 1.82) is 0 Å². The van der Waals surface area contributed by atoms with Crippen LogP contribution in [-0.2, 0) is 6.42 Å². The highest BCUT2D eigenvalue weighted by molar-refractivity contribution is 8.14. The van der Waals surface area contributed by atoms with E-state index in [-0.39, 0.29) is 5.54 Å². The van der Waals surface area contributed by atoms with Crippen LogP contribution in [0.15, 0.2) is 34.4 Å². The number of nitroso groups, excluding NO2 is 1. The van der Waals surface area contributed by atoms with Crippen molar-refractivity contribution in [3.63, 3.8) is 0 Å². The monoisotopic (exact) mass is 314 g/mol. The average molecular weight is 314 g/mol. The first kappa shape index (κ1) is 14.4. The van der Waals surface area contributed by atoms with Crippen LogP contribution >= 0.6 is 11.8 Å². The minimum Gasteiger partial charge on any atom is -0.274 e. The van der Waals surface area contributed by atoms with E-state index < -0.39 is 0 Å². The van der Waals surface area contributed by atoms with Gasteiger partial charge < -0.3 is 0 Å². The van der Waals surface area contributed by atoms with Gasteiger partial charge in [0.25, 0.3) is 0 Å². The van der Waals surface area contributed by atoms with E-state index in [1.807, 2.05) is 11.8 Å². The maximum atomic E-state index is 11.3. The van der Waals surface area contributed by atoms with Gasteiger partial charge in [0, 0.05) is 5.25 Å². The molecule has 1 heterocycles. The Hall–Kier alpha value is -1.16. The molecule has 116 valence electrons. The molecule has 4 rings (SSSR count). The summed E-state index contributed by atoms with van der Waals surface area (Å²) in [4.78, 5) is 16.3. The Morgan fingerprint density at radius 2 is 2.05 bits per heavy atom. The van der Waals surface area contributed by atoms with Gasteiger partial charge in [0.15, 0.2) is 0 Å². The van der Waals surface area contributed by atoms with Crippen LogP contribution in [0.5, 0.6) is 0 Å². The normalized spacial score (nSPS) is 28.8. The van der Waals surface area contributed by atoms with Gasteiger partial charge in [-0.15, -0.1) is 11.8 Å². The van der Waals surface area contributed by atoms with Crippen molar-refractivity contribution >= 4 is 16.8 Å². The molecule has 2 unspecified atom stereocenters. The standard InChI is InChI=1S/C18H22N2OS/c21-20-18(9-4-1-5-10-18)11-8-16-19-17-14-7-3-2-6-13(14)12-15(17)22-16/h2-3,6-7,15,17H,1,4-5,8-12H2. The molecule has 0 saturated heterocycles. The average Bonchev–Trinajstić information content (AvgIpc) is 3.11. The molecule has 1 saturated carbocycles. The summed E-state index contributed by atoms with van der Waals surface area (Å²) in [7, 11) is 0. The molecule has 1 fully saturated rings. The van der Waals surface area contributed by atoms with E-state index in [0.717, 1.165) is 44.9 Å². The molecule has 4 heteroatoms. The lowest BCUT2D eigenvalue weighted by molar-refractivity contribution is 0.282. The summed E-state index contributed by atoms with van der Waals surface area (Å²) < 4.78 is 0. The van der Waals surface area contributed by atoms with Gasteiger partial charge in [-0.05, 0) is 43.2 Å². The lowest BCUT2D eigenvalue weighted by Crippen LogP contribution is -2.29. The molecule has 0 aromatic heterocycles. The smallest absolute Gasteiger partial charge is 0.103 e. The number of benzene rings is 1. The summed E-state index contributed by atoms with van der Waals surface area (Å²) in [5, 5.41) is 5.36. The maximum absolute atomic E-state index is 11.3. The molecule has 0 bridgehead atoms.